The van der Waals surface area contributed by atoms with E-state index in [0.717, 1.165) is 45.2 Å². The molecule has 0 unspecified atom stereocenters. The van der Waals surface area contributed by atoms with Gasteiger partial charge in [-0.2, -0.15) is 11.3 Å². The van der Waals surface area contributed by atoms with Crippen molar-refractivity contribution in [2.45, 2.75) is 37.9 Å². The fourth-order valence-electron chi connectivity index (χ4n) is 4.32. The summed E-state index contributed by atoms with van der Waals surface area (Å²) in [6.45, 7) is 4.41. The van der Waals surface area contributed by atoms with E-state index >= 15 is 0 Å². The van der Waals surface area contributed by atoms with Crippen molar-refractivity contribution in [3.63, 3.8) is 0 Å². The molecule has 0 aliphatic carbocycles. The molecule has 5 nitrogen and oxygen atoms in total. The molecule has 6 heteroatoms. The summed E-state index contributed by atoms with van der Waals surface area (Å²) in [5, 5.41) is 4.44. The molecule has 5 heterocycles. The molecule has 2 aromatic rings. The fourth-order valence-corrected chi connectivity index (χ4v) is 4.98. The van der Waals surface area contributed by atoms with E-state index in [9.17, 15) is 0 Å². The molecule has 0 aromatic carbocycles. The molecule has 0 saturated carbocycles. The van der Waals surface area contributed by atoms with Crippen LogP contribution in [0.1, 0.15) is 35.7 Å². The first-order chi connectivity index (χ1) is 11.9. The molecular weight excluding hydrogens is 320 g/mol. The van der Waals surface area contributed by atoms with Crippen molar-refractivity contribution in [3.05, 3.63) is 39.8 Å². The quantitative estimate of drug-likeness (QED) is 0.858. The monoisotopic (exact) mass is 342 g/mol. The third-order valence-corrected chi connectivity index (χ3v) is 6.29. The van der Waals surface area contributed by atoms with E-state index in [0.29, 0.717) is 12.1 Å². The molecule has 3 aliphatic rings. The number of rotatable bonds is 3. The van der Waals surface area contributed by atoms with Crippen molar-refractivity contribution in [2.75, 3.05) is 31.2 Å². The van der Waals surface area contributed by atoms with Gasteiger partial charge in [0.2, 0.25) is 5.95 Å². The number of aromatic nitrogens is 2. The highest BCUT2D eigenvalue weighted by atomic mass is 32.1. The largest absolute Gasteiger partial charge is 0.378 e. The highest BCUT2D eigenvalue weighted by Crippen LogP contribution is 2.44. The molecule has 0 radical (unpaired) electrons. The Morgan fingerprint density at radius 1 is 1.25 bits per heavy atom. The van der Waals surface area contributed by atoms with E-state index < -0.39 is 0 Å². The maximum absolute atomic E-state index is 5.44. The normalized spacial score (nSPS) is 26.6. The van der Waals surface area contributed by atoms with Gasteiger partial charge in [0.05, 0.1) is 18.9 Å². The zero-order valence-electron chi connectivity index (χ0n) is 13.7. The van der Waals surface area contributed by atoms with Gasteiger partial charge in [-0.1, -0.05) is 0 Å². The van der Waals surface area contributed by atoms with Crippen LogP contribution in [0.4, 0.5) is 5.95 Å². The third-order valence-electron chi connectivity index (χ3n) is 5.56. The zero-order valence-corrected chi connectivity index (χ0v) is 14.5. The molecule has 3 aliphatic heterocycles. The lowest BCUT2D eigenvalue weighted by atomic mass is 9.99. The number of hydrogen-bond donors (Lipinski definition) is 0. The van der Waals surface area contributed by atoms with E-state index in [1.54, 1.807) is 11.3 Å². The summed E-state index contributed by atoms with van der Waals surface area (Å²) in [4.78, 5) is 14.6. The second kappa shape index (κ2) is 6.10. The highest BCUT2D eigenvalue weighted by molar-refractivity contribution is 7.07. The van der Waals surface area contributed by atoms with Gasteiger partial charge >= 0.3 is 0 Å². The summed E-state index contributed by atoms with van der Waals surface area (Å²) in [7, 11) is 0. The van der Waals surface area contributed by atoms with Crippen molar-refractivity contribution < 1.29 is 4.74 Å². The number of hydrogen-bond acceptors (Lipinski definition) is 6. The standard InChI is InChI=1S/C18H22N4OS/c1-2-17-15-10-19-18(21-4-6-23-7-5-21)20-16(15)9-14(1)22(17)11-13-3-8-24-12-13/h3,8,10,12,14,17H,1-2,4-7,9,11H2/t14-,17+/m0/s1. The smallest absolute Gasteiger partial charge is 0.225 e. The predicted octanol–water partition coefficient (Wildman–Crippen LogP) is 2.64. The minimum Gasteiger partial charge on any atom is -0.378 e. The Bertz CT molecular complexity index is 714. The van der Waals surface area contributed by atoms with Gasteiger partial charge in [-0.3, -0.25) is 4.90 Å². The summed E-state index contributed by atoms with van der Waals surface area (Å²) in [5.74, 6) is 0.891. The second-order valence-electron chi connectivity index (χ2n) is 6.93. The molecule has 2 atom stereocenters. The third kappa shape index (κ3) is 2.53. The summed E-state index contributed by atoms with van der Waals surface area (Å²) >= 11 is 1.79. The van der Waals surface area contributed by atoms with Gasteiger partial charge in [0, 0.05) is 49.9 Å². The van der Waals surface area contributed by atoms with Crippen molar-refractivity contribution in [1.29, 1.82) is 0 Å². The number of nitrogens with zero attached hydrogens (tertiary/aromatic N) is 4. The van der Waals surface area contributed by atoms with Gasteiger partial charge in [-0.15, -0.1) is 0 Å². The topological polar surface area (TPSA) is 41.5 Å². The van der Waals surface area contributed by atoms with Crippen molar-refractivity contribution >= 4 is 17.3 Å². The van der Waals surface area contributed by atoms with Crippen LogP contribution in [0.15, 0.2) is 23.0 Å². The number of anilines is 1. The average Bonchev–Trinajstić information content (AvgIpc) is 3.23. The first-order valence-corrected chi connectivity index (χ1v) is 9.78. The number of fused-ring (bicyclic) bond motifs is 4. The Balaban J connectivity index is 1.41. The molecule has 2 aromatic heterocycles. The highest BCUT2D eigenvalue weighted by Gasteiger charge is 2.40. The Labute approximate surface area is 146 Å². The summed E-state index contributed by atoms with van der Waals surface area (Å²) in [6, 6.07) is 3.38. The van der Waals surface area contributed by atoms with Crippen LogP contribution in [0.25, 0.3) is 0 Å². The molecular formula is C18H22N4OS. The van der Waals surface area contributed by atoms with E-state index in [-0.39, 0.29) is 0 Å². The minimum atomic E-state index is 0.498. The van der Waals surface area contributed by atoms with E-state index in [1.165, 1.54) is 29.7 Å². The van der Waals surface area contributed by atoms with Gasteiger partial charge in [0.1, 0.15) is 0 Å². The van der Waals surface area contributed by atoms with Crippen LogP contribution in [-0.4, -0.2) is 47.2 Å². The van der Waals surface area contributed by atoms with E-state index in [2.05, 4.69) is 32.8 Å². The Morgan fingerprint density at radius 2 is 2.17 bits per heavy atom. The van der Waals surface area contributed by atoms with Crippen LogP contribution in [0, 0.1) is 0 Å². The molecule has 2 saturated heterocycles. The summed E-state index contributed by atoms with van der Waals surface area (Å²) in [6.07, 6.45) is 5.68. The Morgan fingerprint density at radius 3 is 3.00 bits per heavy atom. The summed E-state index contributed by atoms with van der Waals surface area (Å²) < 4.78 is 5.44. The number of thiophene rings is 1. The molecule has 5 rings (SSSR count). The maximum atomic E-state index is 5.44. The molecule has 2 bridgehead atoms. The van der Waals surface area contributed by atoms with E-state index in [4.69, 9.17) is 14.7 Å². The molecule has 0 amide bonds. The Kier molecular flexibility index (Phi) is 3.76. The van der Waals surface area contributed by atoms with Gasteiger partial charge in [-0.25, -0.2) is 9.97 Å². The van der Waals surface area contributed by atoms with Crippen LogP contribution in [0.2, 0.25) is 0 Å². The lowest BCUT2D eigenvalue weighted by molar-refractivity contribution is 0.122. The second-order valence-corrected chi connectivity index (χ2v) is 7.71. The van der Waals surface area contributed by atoms with Crippen molar-refractivity contribution in [1.82, 2.24) is 14.9 Å². The molecule has 126 valence electrons. The number of ether oxygens (including phenoxy) is 1. The van der Waals surface area contributed by atoms with Crippen LogP contribution in [0.5, 0.6) is 0 Å². The SMILES string of the molecule is c1cc(CN2[C@H]3CC[C@@H]2c2cnc(N4CCOCC4)nc2C3)cs1. The molecule has 2 fully saturated rings. The average molecular weight is 342 g/mol. The van der Waals surface area contributed by atoms with Gasteiger partial charge < -0.3 is 9.64 Å². The zero-order chi connectivity index (χ0) is 15.9. The lowest BCUT2D eigenvalue weighted by Gasteiger charge is -2.36. The lowest BCUT2D eigenvalue weighted by Crippen LogP contribution is -2.40. The maximum Gasteiger partial charge on any atom is 0.225 e. The van der Waals surface area contributed by atoms with Crippen molar-refractivity contribution in [3.8, 4) is 0 Å². The predicted molar refractivity (Wildman–Crippen MR) is 94.4 cm³/mol. The summed E-state index contributed by atoms with van der Waals surface area (Å²) in [5.41, 5.74) is 4.07. The minimum absolute atomic E-state index is 0.498. The fraction of sp³-hybridized carbons (Fsp3) is 0.556. The van der Waals surface area contributed by atoms with E-state index in [1.807, 2.05) is 0 Å². The van der Waals surface area contributed by atoms with Gasteiger partial charge in [0.15, 0.2) is 0 Å². The van der Waals surface area contributed by atoms with Crippen LogP contribution in [-0.2, 0) is 17.7 Å². The van der Waals surface area contributed by atoms with Gasteiger partial charge in [-0.05, 0) is 35.2 Å². The number of morpholine rings is 1. The molecule has 24 heavy (non-hydrogen) atoms. The van der Waals surface area contributed by atoms with Crippen LogP contribution >= 0.6 is 11.3 Å². The van der Waals surface area contributed by atoms with Crippen LogP contribution < -0.4 is 4.90 Å². The first kappa shape index (κ1) is 14.8. The molecule has 0 N–H and O–H groups in total. The Hall–Kier alpha value is -1.50. The molecule has 0 spiro atoms. The first-order valence-electron chi connectivity index (χ1n) is 8.84. The van der Waals surface area contributed by atoms with Gasteiger partial charge in [0.25, 0.3) is 0 Å². The van der Waals surface area contributed by atoms with Crippen molar-refractivity contribution in [2.24, 2.45) is 0 Å². The van der Waals surface area contributed by atoms with Crippen LogP contribution in [0.3, 0.4) is 0 Å².